The molecule has 1 aromatic carbocycles. The lowest BCUT2D eigenvalue weighted by atomic mass is 10.1. The Morgan fingerprint density at radius 1 is 1.29 bits per heavy atom. The first kappa shape index (κ1) is 17.1. The molecule has 0 bridgehead atoms. The quantitative estimate of drug-likeness (QED) is 0.748. The molecule has 0 aliphatic heterocycles. The van der Waals surface area contributed by atoms with Gasteiger partial charge in [0.2, 0.25) is 5.91 Å². The molecule has 0 aromatic heterocycles. The number of nitrogen functional groups attached to an aromatic ring is 1. The zero-order valence-corrected chi connectivity index (χ0v) is 13.4. The third-order valence-corrected chi connectivity index (χ3v) is 3.46. The van der Waals surface area contributed by atoms with Gasteiger partial charge in [-0.15, -0.1) is 0 Å². The summed E-state index contributed by atoms with van der Waals surface area (Å²) in [4.78, 5) is 13.9. The standard InChI is InChI=1S/C16H26N2O3/c1-5-6-9-18(2)15(19)8-7-12-10-13(17)11-14(20-3)16(12)21-4/h10-11H,5-9,17H2,1-4H3. The highest BCUT2D eigenvalue weighted by atomic mass is 16.5. The SMILES string of the molecule is CCCCN(C)C(=O)CCc1cc(N)cc(OC)c1OC. The molecule has 0 saturated carbocycles. The van der Waals surface area contributed by atoms with Crippen LogP contribution in [0.1, 0.15) is 31.7 Å². The summed E-state index contributed by atoms with van der Waals surface area (Å²) in [5, 5.41) is 0. The number of nitrogens with zero attached hydrogens (tertiary/aromatic N) is 1. The fourth-order valence-corrected chi connectivity index (χ4v) is 2.21. The van der Waals surface area contributed by atoms with Crippen molar-refractivity contribution in [2.75, 3.05) is 33.5 Å². The molecule has 0 aliphatic carbocycles. The molecule has 0 saturated heterocycles. The number of hydrogen-bond donors (Lipinski definition) is 1. The van der Waals surface area contributed by atoms with Crippen molar-refractivity contribution in [3.05, 3.63) is 17.7 Å². The summed E-state index contributed by atoms with van der Waals surface area (Å²) in [5.41, 5.74) is 7.36. The first-order chi connectivity index (χ1) is 10.0. The lowest BCUT2D eigenvalue weighted by Gasteiger charge is -2.18. The van der Waals surface area contributed by atoms with E-state index in [1.807, 2.05) is 13.1 Å². The van der Waals surface area contributed by atoms with E-state index in [2.05, 4.69) is 6.92 Å². The fraction of sp³-hybridized carbons (Fsp3) is 0.562. The maximum atomic E-state index is 12.1. The Labute approximate surface area is 127 Å². The van der Waals surface area contributed by atoms with Crippen LogP contribution >= 0.6 is 0 Å². The van der Waals surface area contributed by atoms with Crippen molar-refractivity contribution < 1.29 is 14.3 Å². The van der Waals surface area contributed by atoms with E-state index in [1.165, 1.54) is 0 Å². The Morgan fingerprint density at radius 3 is 2.57 bits per heavy atom. The van der Waals surface area contributed by atoms with E-state index >= 15 is 0 Å². The molecule has 2 N–H and O–H groups in total. The second kappa shape index (κ2) is 8.39. The summed E-state index contributed by atoms with van der Waals surface area (Å²) in [6.45, 7) is 2.91. The first-order valence-corrected chi connectivity index (χ1v) is 7.27. The fourth-order valence-electron chi connectivity index (χ4n) is 2.21. The van der Waals surface area contributed by atoms with Gasteiger partial charge in [-0.05, 0) is 18.9 Å². The van der Waals surface area contributed by atoms with Crippen LogP contribution in [0.5, 0.6) is 11.5 Å². The number of hydrogen-bond acceptors (Lipinski definition) is 4. The molecule has 0 unspecified atom stereocenters. The van der Waals surface area contributed by atoms with Gasteiger partial charge in [-0.1, -0.05) is 13.3 Å². The van der Waals surface area contributed by atoms with Crippen molar-refractivity contribution in [1.82, 2.24) is 4.90 Å². The minimum atomic E-state index is 0.131. The molecular weight excluding hydrogens is 268 g/mol. The van der Waals surface area contributed by atoms with Crippen molar-refractivity contribution >= 4 is 11.6 Å². The monoisotopic (exact) mass is 294 g/mol. The van der Waals surface area contributed by atoms with Gasteiger partial charge in [-0.3, -0.25) is 4.79 Å². The molecule has 1 aromatic rings. The summed E-state index contributed by atoms with van der Waals surface area (Å²) in [7, 11) is 5.01. The molecule has 0 atom stereocenters. The van der Waals surface area contributed by atoms with Crippen molar-refractivity contribution in [2.24, 2.45) is 0 Å². The summed E-state index contributed by atoms with van der Waals surface area (Å²) in [5.74, 6) is 1.38. The third kappa shape index (κ3) is 4.85. The number of amides is 1. The number of nitrogens with two attached hydrogens (primary N) is 1. The number of carbonyl (C=O) groups excluding carboxylic acids is 1. The number of ether oxygens (including phenoxy) is 2. The molecule has 0 spiro atoms. The number of anilines is 1. The Bertz CT molecular complexity index is 475. The van der Waals surface area contributed by atoms with E-state index < -0.39 is 0 Å². The number of aryl methyl sites for hydroxylation is 1. The molecule has 21 heavy (non-hydrogen) atoms. The Morgan fingerprint density at radius 2 is 2.00 bits per heavy atom. The van der Waals surface area contributed by atoms with E-state index in [0.29, 0.717) is 30.0 Å². The average Bonchev–Trinajstić information content (AvgIpc) is 2.49. The minimum absolute atomic E-state index is 0.131. The second-order valence-corrected chi connectivity index (χ2v) is 5.08. The molecule has 1 amide bonds. The number of unbranched alkanes of at least 4 members (excludes halogenated alkanes) is 1. The molecule has 1 rings (SSSR count). The van der Waals surface area contributed by atoms with Crippen molar-refractivity contribution in [2.45, 2.75) is 32.6 Å². The lowest BCUT2D eigenvalue weighted by Crippen LogP contribution is -2.27. The second-order valence-electron chi connectivity index (χ2n) is 5.08. The number of benzene rings is 1. The maximum absolute atomic E-state index is 12.1. The molecule has 5 heteroatoms. The molecule has 0 radical (unpaired) electrons. The van der Waals surface area contributed by atoms with Gasteiger partial charge in [-0.25, -0.2) is 0 Å². The third-order valence-electron chi connectivity index (χ3n) is 3.46. The Hall–Kier alpha value is -1.91. The van der Waals surface area contributed by atoms with E-state index in [0.717, 1.165) is 24.9 Å². The lowest BCUT2D eigenvalue weighted by molar-refractivity contribution is -0.129. The summed E-state index contributed by atoms with van der Waals surface area (Å²) in [6.07, 6.45) is 3.12. The summed E-state index contributed by atoms with van der Waals surface area (Å²) >= 11 is 0. The molecular formula is C16H26N2O3. The highest BCUT2D eigenvalue weighted by molar-refractivity contribution is 5.76. The molecule has 0 aliphatic rings. The van der Waals surface area contributed by atoms with Crippen LogP contribution in [0, 0.1) is 0 Å². The van der Waals surface area contributed by atoms with Crippen LogP contribution in [0.3, 0.4) is 0 Å². The van der Waals surface area contributed by atoms with Gasteiger partial charge in [0.25, 0.3) is 0 Å². The van der Waals surface area contributed by atoms with E-state index in [1.54, 1.807) is 25.2 Å². The van der Waals surface area contributed by atoms with Crippen LogP contribution in [-0.4, -0.2) is 38.6 Å². The van der Waals surface area contributed by atoms with Gasteiger partial charge >= 0.3 is 0 Å². The van der Waals surface area contributed by atoms with Gasteiger partial charge in [0.15, 0.2) is 11.5 Å². The number of rotatable bonds is 8. The Balaban J connectivity index is 2.74. The van der Waals surface area contributed by atoms with Crippen LogP contribution in [0.2, 0.25) is 0 Å². The van der Waals surface area contributed by atoms with Crippen LogP contribution in [-0.2, 0) is 11.2 Å². The predicted molar refractivity (Wildman–Crippen MR) is 84.8 cm³/mol. The van der Waals surface area contributed by atoms with Crippen LogP contribution in [0.4, 0.5) is 5.69 Å². The molecule has 0 heterocycles. The van der Waals surface area contributed by atoms with Crippen molar-refractivity contribution in [1.29, 1.82) is 0 Å². The smallest absolute Gasteiger partial charge is 0.222 e. The zero-order chi connectivity index (χ0) is 15.8. The van der Waals surface area contributed by atoms with Crippen molar-refractivity contribution in [3.8, 4) is 11.5 Å². The normalized spacial score (nSPS) is 10.3. The highest BCUT2D eigenvalue weighted by Gasteiger charge is 2.14. The molecule has 0 fully saturated rings. The molecule has 118 valence electrons. The van der Waals surface area contributed by atoms with Gasteiger partial charge in [0.1, 0.15) is 0 Å². The Kier molecular flexibility index (Phi) is 6.85. The van der Waals surface area contributed by atoms with Crippen LogP contribution in [0.15, 0.2) is 12.1 Å². The largest absolute Gasteiger partial charge is 0.493 e. The first-order valence-electron chi connectivity index (χ1n) is 7.27. The zero-order valence-electron chi connectivity index (χ0n) is 13.4. The number of carbonyl (C=O) groups is 1. The maximum Gasteiger partial charge on any atom is 0.222 e. The van der Waals surface area contributed by atoms with Crippen LogP contribution in [0.25, 0.3) is 0 Å². The predicted octanol–water partition coefficient (Wildman–Crippen LogP) is 2.48. The average molecular weight is 294 g/mol. The van der Waals surface area contributed by atoms with Gasteiger partial charge in [-0.2, -0.15) is 0 Å². The van der Waals surface area contributed by atoms with Gasteiger partial charge in [0, 0.05) is 37.3 Å². The minimum Gasteiger partial charge on any atom is -0.493 e. The van der Waals surface area contributed by atoms with Gasteiger partial charge in [0.05, 0.1) is 14.2 Å². The van der Waals surface area contributed by atoms with E-state index in [-0.39, 0.29) is 5.91 Å². The number of methoxy groups -OCH3 is 2. The van der Waals surface area contributed by atoms with Gasteiger partial charge < -0.3 is 20.1 Å². The highest BCUT2D eigenvalue weighted by Crippen LogP contribution is 2.34. The summed E-state index contributed by atoms with van der Waals surface area (Å²) < 4.78 is 10.6. The van der Waals surface area contributed by atoms with E-state index in [4.69, 9.17) is 15.2 Å². The van der Waals surface area contributed by atoms with Crippen LogP contribution < -0.4 is 15.2 Å². The van der Waals surface area contributed by atoms with Crippen molar-refractivity contribution in [3.63, 3.8) is 0 Å². The van der Waals surface area contributed by atoms with E-state index in [9.17, 15) is 4.79 Å². The molecule has 5 nitrogen and oxygen atoms in total. The topological polar surface area (TPSA) is 64.8 Å². The summed E-state index contributed by atoms with van der Waals surface area (Å²) in [6, 6.07) is 3.55.